The Kier molecular flexibility index (Phi) is 6.10. The lowest BCUT2D eigenvalue weighted by Crippen LogP contribution is -2.58. The van der Waals surface area contributed by atoms with Crippen LogP contribution >= 0.6 is 23.8 Å². The molecule has 1 aliphatic carbocycles. The van der Waals surface area contributed by atoms with Gasteiger partial charge in [0.1, 0.15) is 17.2 Å². The number of anilines is 1. The SMILES string of the molecule is COc1cc2nccc(Oc3ccc(NC(=S)NC4CC4)c(Cl)c3)c2cc1C(=O)N1CC(F)(F)C1. The Morgan fingerprint density at radius 2 is 1.97 bits per heavy atom. The number of hydrogen-bond donors (Lipinski definition) is 2. The molecule has 1 amide bonds. The largest absolute Gasteiger partial charge is 0.496 e. The monoisotopic (exact) mass is 518 g/mol. The first-order valence-corrected chi connectivity index (χ1v) is 11.7. The van der Waals surface area contributed by atoms with Crippen LogP contribution in [0.3, 0.4) is 0 Å². The molecule has 11 heteroatoms. The summed E-state index contributed by atoms with van der Waals surface area (Å²) >= 11 is 11.7. The third-order valence-corrected chi connectivity index (χ3v) is 6.25. The Balaban J connectivity index is 1.40. The lowest BCUT2D eigenvalue weighted by Gasteiger charge is -2.38. The molecule has 7 nitrogen and oxygen atoms in total. The third kappa shape index (κ3) is 5.08. The van der Waals surface area contributed by atoms with E-state index in [4.69, 9.17) is 33.3 Å². The van der Waals surface area contributed by atoms with Crippen LogP contribution in [0.2, 0.25) is 5.02 Å². The van der Waals surface area contributed by atoms with E-state index in [0.29, 0.717) is 44.3 Å². The van der Waals surface area contributed by atoms with Gasteiger partial charge in [-0.05, 0) is 49.3 Å². The van der Waals surface area contributed by atoms with Crippen molar-refractivity contribution in [1.82, 2.24) is 15.2 Å². The van der Waals surface area contributed by atoms with Gasteiger partial charge in [-0.1, -0.05) is 11.6 Å². The molecule has 3 aromatic rings. The number of fused-ring (bicyclic) bond motifs is 1. The van der Waals surface area contributed by atoms with Crippen LogP contribution in [0.4, 0.5) is 14.5 Å². The number of hydrogen-bond acceptors (Lipinski definition) is 5. The number of nitrogens with one attached hydrogen (secondary N) is 2. The average molecular weight is 519 g/mol. The maximum Gasteiger partial charge on any atom is 0.282 e. The summed E-state index contributed by atoms with van der Waals surface area (Å²) in [7, 11) is 1.41. The van der Waals surface area contributed by atoms with Gasteiger partial charge < -0.3 is 25.0 Å². The smallest absolute Gasteiger partial charge is 0.282 e. The van der Waals surface area contributed by atoms with Gasteiger partial charge in [0, 0.05) is 29.8 Å². The van der Waals surface area contributed by atoms with Crippen LogP contribution in [0, 0.1) is 0 Å². The third-order valence-electron chi connectivity index (χ3n) is 5.71. The van der Waals surface area contributed by atoms with Crippen molar-refractivity contribution in [1.29, 1.82) is 0 Å². The molecule has 1 aliphatic heterocycles. The van der Waals surface area contributed by atoms with Crippen LogP contribution < -0.4 is 20.1 Å². The normalized spacial score (nSPS) is 16.4. The van der Waals surface area contributed by atoms with Gasteiger partial charge >= 0.3 is 0 Å². The van der Waals surface area contributed by atoms with E-state index < -0.39 is 24.9 Å². The standard InChI is InChI=1S/C24H21ClF2N4O3S/c1-33-21-10-19-15(9-16(21)22(32)31-11-24(26,27)12-31)20(6-7-28-19)34-14-4-5-18(17(25)8-14)30-23(35)29-13-2-3-13/h4-10,13H,2-3,11-12H2,1H3,(H2,29,30,35). The number of carbonyl (C=O) groups excluding carboxylic acids is 1. The second-order valence-electron chi connectivity index (χ2n) is 8.51. The molecule has 182 valence electrons. The van der Waals surface area contributed by atoms with Crippen molar-refractivity contribution in [2.24, 2.45) is 0 Å². The predicted molar refractivity (Wildman–Crippen MR) is 133 cm³/mol. The molecule has 0 spiro atoms. The summed E-state index contributed by atoms with van der Waals surface area (Å²) in [6.07, 6.45) is 3.77. The molecule has 2 N–H and O–H groups in total. The number of amides is 1. The molecule has 0 bridgehead atoms. The lowest BCUT2D eigenvalue weighted by atomic mass is 10.0. The number of nitrogens with zero attached hydrogens (tertiary/aromatic N) is 2. The molecular weight excluding hydrogens is 498 g/mol. The van der Waals surface area contributed by atoms with Gasteiger partial charge in [-0.3, -0.25) is 9.78 Å². The maximum absolute atomic E-state index is 13.3. The molecule has 2 aromatic carbocycles. The molecule has 2 heterocycles. The number of benzene rings is 2. The molecule has 2 fully saturated rings. The highest BCUT2D eigenvalue weighted by atomic mass is 35.5. The highest BCUT2D eigenvalue weighted by Crippen LogP contribution is 2.37. The van der Waals surface area contributed by atoms with Gasteiger partial charge in [-0.25, -0.2) is 8.78 Å². The highest BCUT2D eigenvalue weighted by molar-refractivity contribution is 7.80. The fourth-order valence-corrected chi connectivity index (χ4v) is 4.25. The first-order chi connectivity index (χ1) is 16.7. The fourth-order valence-electron chi connectivity index (χ4n) is 3.76. The maximum atomic E-state index is 13.3. The van der Waals surface area contributed by atoms with Crippen molar-refractivity contribution in [3.05, 3.63) is 53.2 Å². The molecule has 0 unspecified atom stereocenters. The Labute approximate surface area is 210 Å². The van der Waals surface area contributed by atoms with E-state index >= 15 is 0 Å². The van der Waals surface area contributed by atoms with Gasteiger partial charge in [0.2, 0.25) is 0 Å². The zero-order valence-corrected chi connectivity index (χ0v) is 20.2. The number of ether oxygens (including phenoxy) is 2. The summed E-state index contributed by atoms with van der Waals surface area (Å²) in [4.78, 5) is 18.3. The number of likely N-dealkylation sites (tertiary alicyclic amines) is 1. The summed E-state index contributed by atoms with van der Waals surface area (Å²) in [6, 6.07) is 10.3. The molecule has 35 heavy (non-hydrogen) atoms. The van der Waals surface area contributed by atoms with Crippen molar-refractivity contribution in [2.75, 3.05) is 25.5 Å². The van der Waals surface area contributed by atoms with Crippen LogP contribution in [-0.4, -0.2) is 53.1 Å². The van der Waals surface area contributed by atoms with Gasteiger partial charge in [0.25, 0.3) is 11.8 Å². The Morgan fingerprint density at radius 1 is 1.20 bits per heavy atom. The number of thiocarbonyl (C=S) groups is 1. The zero-order valence-electron chi connectivity index (χ0n) is 18.6. The minimum atomic E-state index is -2.87. The number of pyridine rings is 1. The van der Waals surface area contributed by atoms with Crippen LogP contribution in [0.5, 0.6) is 17.2 Å². The van der Waals surface area contributed by atoms with E-state index in [1.165, 1.54) is 7.11 Å². The van der Waals surface area contributed by atoms with Crippen molar-refractivity contribution >= 4 is 51.4 Å². The number of carbonyl (C=O) groups is 1. The summed E-state index contributed by atoms with van der Waals surface area (Å²) in [5, 5.41) is 7.71. The number of aromatic nitrogens is 1. The van der Waals surface area contributed by atoms with Crippen molar-refractivity contribution in [3.63, 3.8) is 0 Å². The number of halogens is 3. The minimum absolute atomic E-state index is 0.155. The zero-order chi connectivity index (χ0) is 24.7. The van der Waals surface area contributed by atoms with E-state index in [9.17, 15) is 13.6 Å². The average Bonchev–Trinajstić information content (AvgIpc) is 3.62. The van der Waals surface area contributed by atoms with Crippen molar-refractivity contribution in [3.8, 4) is 17.2 Å². The highest BCUT2D eigenvalue weighted by Gasteiger charge is 2.46. The van der Waals surface area contributed by atoms with E-state index in [1.54, 1.807) is 42.6 Å². The second kappa shape index (κ2) is 9.09. The van der Waals surface area contributed by atoms with Crippen LogP contribution in [0.25, 0.3) is 10.9 Å². The van der Waals surface area contributed by atoms with E-state index in [1.807, 2.05) is 0 Å². The van der Waals surface area contributed by atoms with Gasteiger partial charge in [0.15, 0.2) is 5.11 Å². The summed E-state index contributed by atoms with van der Waals surface area (Å²) < 4.78 is 38.0. The molecule has 5 rings (SSSR count). The van der Waals surface area contributed by atoms with E-state index in [2.05, 4.69) is 15.6 Å². The van der Waals surface area contributed by atoms with E-state index in [0.717, 1.165) is 17.7 Å². The van der Waals surface area contributed by atoms with Crippen LogP contribution in [0.15, 0.2) is 42.6 Å². The number of rotatable bonds is 6. The van der Waals surface area contributed by atoms with E-state index in [-0.39, 0.29) is 11.3 Å². The Hall–Kier alpha value is -3.24. The summed E-state index contributed by atoms with van der Waals surface area (Å²) in [5.74, 6) is -2.29. The van der Waals surface area contributed by atoms with Crippen LogP contribution in [-0.2, 0) is 0 Å². The molecule has 1 aromatic heterocycles. The van der Waals surface area contributed by atoms with Gasteiger partial charge in [-0.15, -0.1) is 0 Å². The number of alkyl halides is 2. The molecular formula is C24H21ClF2N4O3S. The fraction of sp³-hybridized carbons (Fsp3) is 0.292. The Morgan fingerprint density at radius 3 is 2.63 bits per heavy atom. The Bertz CT molecular complexity index is 1330. The molecule has 0 radical (unpaired) electrons. The predicted octanol–water partition coefficient (Wildman–Crippen LogP) is 5.23. The molecule has 1 saturated heterocycles. The number of methoxy groups -OCH3 is 1. The minimum Gasteiger partial charge on any atom is -0.496 e. The first kappa shape index (κ1) is 23.5. The molecule has 0 atom stereocenters. The van der Waals surface area contributed by atoms with Gasteiger partial charge in [0.05, 0.1) is 42.0 Å². The topological polar surface area (TPSA) is 75.7 Å². The quantitative estimate of drug-likeness (QED) is 0.433. The van der Waals surface area contributed by atoms with Crippen LogP contribution in [0.1, 0.15) is 23.2 Å². The molecule has 2 aliphatic rings. The first-order valence-electron chi connectivity index (χ1n) is 10.9. The molecule has 1 saturated carbocycles. The lowest BCUT2D eigenvalue weighted by molar-refractivity contribution is -0.113. The van der Waals surface area contributed by atoms with Crippen molar-refractivity contribution in [2.45, 2.75) is 24.8 Å². The van der Waals surface area contributed by atoms with Gasteiger partial charge in [-0.2, -0.15) is 0 Å². The summed E-state index contributed by atoms with van der Waals surface area (Å²) in [5.41, 5.74) is 1.31. The summed E-state index contributed by atoms with van der Waals surface area (Å²) in [6.45, 7) is -1.25. The second-order valence-corrected chi connectivity index (χ2v) is 9.33. The van der Waals surface area contributed by atoms with Crippen molar-refractivity contribution < 1.29 is 23.0 Å².